The maximum Gasteiger partial charge on any atom is 0.407 e. The third-order valence-corrected chi connectivity index (χ3v) is 5.43. The summed E-state index contributed by atoms with van der Waals surface area (Å²) in [4.78, 5) is 12.4. The fourth-order valence-electron chi connectivity index (χ4n) is 3.80. The number of hydrogen-bond donors (Lipinski definition) is 3. The highest BCUT2D eigenvalue weighted by Crippen LogP contribution is 2.35. The number of aliphatic hydroxyl groups excluding tert-OH is 1. The van der Waals surface area contributed by atoms with Crippen LogP contribution in [0.2, 0.25) is 0 Å². The number of amides is 1. The summed E-state index contributed by atoms with van der Waals surface area (Å²) >= 11 is 0. The highest BCUT2D eigenvalue weighted by molar-refractivity contribution is 5.65. The summed E-state index contributed by atoms with van der Waals surface area (Å²) in [7, 11) is 0. The third kappa shape index (κ3) is 6.19. The Bertz CT molecular complexity index is 780. The van der Waals surface area contributed by atoms with Crippen LogP contribution in [0.5, 0.6) is 5.75 Å². The lowest BCUT2D eigenvalue weighted by Gasteiger charge is -2.38. The molecule has 1 fully saturated rings. The van der Waals surface area contributed by atoms with Crippen LogP contribution >= 0.6 is 0 Å². The molecule has 0 saturated carbocycles. The number of piperidine rings is 1. The first-order valence-electron chi connectivity index (χ1n) is 10.2. The fraction of sp³-hybridized carbons (Fsp3) is 0.435. The molecule has 0 aromatic heterocycles. The van der Waals surface area contributed by atoms with Gasteiger partial charge < -0.3 is 29.7 Å². The van der Waals surface area contributed by atoms with Crippen molar-refractivity contribution in [2.24, 2.45) is 5.92 Å². The molecular formula is C23H29NO6. The number of aliphatic hydroxyl groups is 2. The Hall–Kier alpha value is -2.61. The lowest BCUT2D eigenvalue weighted by Crippen LogP contribution is -2.46. The van der Waals surface area contributed by atoms with Gasteiger partial charge in [-0.1, -0.05) is 42.5 Å². The number of carbonyl (C=O) groups is 1. The van der Waals surface area contributed by atoms with Crippen LogP contribution in [0, 0.1) is 5.92 Å². The number of ether oxygens (including phenoxy) is 2. The van der Waals surface area contributed by atoms with Gasteiger partial charge in [0.15, 0.2) is 6.29 Å². The van der Waals surface area contributed by atoms with E-state index in [0.717, 1.165) is 23.3 Å². The minimum Gasteiger partial charge on any atom is -0.494 e. The molecule has 2 aromatic rings. The summed E-state index contributed by atoms with van der Waals surface area (Å²) in [6.45, 7) is 2.24. The average molecular weight is 415 g/mol. The fourth-order valence-corrected chi connectivity index (χ4v) is 3.80. The number of likely N-dealkylation sites (tertiary alicyclic amines) is 1. The van der Waals surface area contributed by atoms with Gasteiger partial charge in [-0.25, -0.2) is 4.79 Å². The number of nitrogens with zero attached hydrogens (tertiary/aromatic N) is 1. The molecule has 30 heavy (non-hydrogen) atoms. The maximum absolute atomic E-state index is 11.2. The second-order valence-corrected chi connectivity index (χ2v) is 7.51. The summed E-state index contributed by atoms with van der Waals surface area (Å²) < 4.78 is 11.4. The highest BCUT2D eigenvalue weighted by atomic mass is 16.5. The number of rotatable bonds is 9. The zero-order chi connectivity index (χ0) is 21.3. The Morgan fingerprint density at radius 2 is 1.80 bits per heavy atom. The van der Waals surface area contributed by atoms with E-state index >= 15 is 0 Å². The molecule has 0 aliphatic carbocycles. The monoisotopic (exact) mass is 415 g/mol. The highest BCUT2D eigenvalue weighted by Gasteiger charge is 2.36. The van der Waals surface area contributed by atoms with Gasteiger partial charge >= 0.3 is 6.09 Å². The standard InChI is InChI=1S/C23H29NO6/c25-22(26)21-15-24(23(27)28)12-11-20(21)18-7-9-19(10-8-18)30-14-4-13-29-16-17-5-2-1-3-6-17/h1-3,5-10,20-22,25-26H,4,11-16H2,(H,27,28). The summed E-state index contributed by atoms with van der Waals surface area (Å²) in [5, 5.41) is 28.6. The molecule has 3 rings (SSSR count). The Balaban J connectivity index is 1.43. The Morgan fingerprint density at radius 3 is 2.47 bits per heavy atom. The molecule has 1 heterocycles. The minimum absolute atomic E-state index is 0.110. The molecule has 1 aliphatic rings. The van der Waals surface area contributed by atoms with Gasteiger partial charge in [0, 0.05) is 25.4 Å². The normalized spacial score (nSPS) is 19.1. The summed E-state index contributed by atoms with van der Waals surface area (Å²) in [6.07, 6.45) is -1.27. The van der Waals surface area contributed by atoms with Crippen molar-refractivity contribution in [1.82, 2.24) is 4.90 Å². The summed E-state index contributed by atoms with van der Waals surface area (Å²) in [5.74, 6) is 0.0790. The van der Waals surface area contributed by atoms with Crippen LogP contribution in [0.3, 0.4) is 0 Å². The molecular weight excluding hydrogens is 386 g/mol. The van der Waals surface area contributed by atoms with E-state index in [1.54, 1.807) is 0 Å². The van der Waals surface area contributed by atoms with Crippen molar-refractivity contribution in [3.63, 3.8) is 0 Å². The number of carboxylic acid groups (broad SMARTS) is 1. The van der Waals surface area contributed by atoms with E-state index in [1.807, 2.05) is 54.6 Å². The van der Waals surface area contributed by atoms with Crippen LogP contribution in [-0.4, -0.2) is 58.9 Å². The Morgan fingerprint density at radius 1 is 1.07 bits per heavy atom. The lowest BCUT2D eigenvalue weighted by molar-refractivity contribution is -0.105. The lowest BCUT2D eigenvalue weighted by atomic mass is 9.80. The van der Waals surface area contributed by atoms with Crippen molar-refractivity contribution >= 4 is 6.09 Å². The van der Waals surface area contributed by atoms with E-state index in [9.17, 15) is 15.0 Å². The zero-order valence-corrected chi connectivity index (χ0v) is 16.9. The molecule has 1 aliphatic heterocycles. The van der Waals surface area contributed by atoms with E-state index in [0.29, 0.717) is 32.8 Å². The van der Waals surface area contributed by atoms with Gasteiger partial charge in [-0.05, 0) is 35.6 Å². The first-order valence-corrected chi connectivity index (χ1v) is 10.2. The van der Waals surface area contributed by atoms with Crippen molar-refractivity contribution in [1.29, 1.82) is 0 Å². The Labute approximate surface area is 176 Å². The molecule has 0 radical (unpaired) electrons. The van der Waals surface area contributed by atoms with Crippen LogP contribution in [0.25, 0.3) is 0 Å². The molecule has 0 bridgehead atoms. The molecule has 0 spiro atoms. The summed E-state index contributed by atoms with van der Waals surface area (Å²) in [6, 6.07) is 17.6. The van der Waals surface area contributed by atoms with Crippen molar-refractivity contribution in [2.75, 3.05) is 26.3 Å². The molecule has 2 unspecified atom stereocenters. The van der Waals surface area contributed by atoms with E-state index in [1.165, 1.54) is 4.90 Å². The van der Waals surface area contributed by atoms with Crippen molar-refractivity contribution in [3.05, 3.63) is 65.7 Å². The topological polar surface area (TPSA) is 99.5 Å². The molecule has 3 N–H and O–H groups in total. The van der Waals surface area contributed by atoms with Crippen molar-refractivity contribution in [3.8, 4) is 5.75 Å². The first kappa shape index (κ1) is 22.1. The van der Waals surface area contributed by atoms with Gasteiger partial charge in [0.25, 0.3) is 0 Å². The second-order valence-electron chi connectivity index (χ2n) is 7.51. The van der Waals surface area contributed by atoms with Crippen LogP contribution in [0.1, 0.15) is 29.9 Å². The van der Waals surface area contributed by atoms with E-state index in [2.05, 4.69) is 0 Å². The van der Waals surface area contributed by atoms with E-state index < -0.39 is 18.3 Å². The SMILES string of the molecule is O=C(O)N1CCC(c2ccc(OCCCOCc3ccccc3)cc2)C(C(O)O)C1. The number of hydrogen-bond acceptors (Lipinski definition) is 5. The number of benzene rings is 2. The van der Waals surface area contributed by atoms with Crippen LogP contribution < -0.4 is 4.74 Å². The van der Waals surface area contributed by atoms with Gasteiger partial charge in [-0.3, -0.25) is 0 Å². The van der Waals surface area contributed by atoms with Gasteiger partial charge in [0.1, 0.15) is 5.75 Å². The molecule has 7 heteroatoms. The summed E-state index contributed by atoms with van der Waals surface area (Å²) in [5.41, 5.74) is 2.10. The molecule has 2 atom stereocenters. The smallest absolute Gasteiger partial charge is 0.407 e. The van der Waals surface area contributed by atoms with Gasteiger partial charge in [0.05, 0.1) is 19.8 Å². The molecule has 1 saturated heterocycles. The van der Waals surface area contributed by atoms with Gasteiger partial charge in [-0.2, -0.15) is 0 Å². The molecule has 7 nitrogen and oxygen atoms in total. The first-order chi connectivity index (χ1) is 14.5. The quantitative estimate of drug-likeness (QED) is 0.430. The van der Waals surface area contributed by atoms with E-state index in [4.69, 9.17) is 14.6 Å². The predicted octanol–water partition coefficient (Wildman–Crippen LogP) is 3.07. The van der Waals surface area contributed by atoms with Crippen LogP contribution in [0.15, 0.2) is 54.6 Å². The molecule has 1 amide bonds. The van der Waals surface area contributed by atoms with Crippen molar-refractivity contribution in [2.45, 2.75) is 31.7 Å². The van der Waals surface area contributed by atoms with E-state index in [-0.39, 0.29) is 12.5 Å². The molecule has 2 aromatic carbocycles. The Kier molecular flexibility index (Phi) is 8.07. The average Bonchev–Trinajstić information content (AvgIpc) is 2.77. The van der Waals surface area contributed by atoms with Crippen LogP contribution in [-0.2, 0) is 11.3 Å². The maximum atomic E-state index is 11.2. The van der Waals surface area contributed by atoms with Crippen LogP contribution in [0.4, 0.5) is 4.79 Å². The zero-order valence-electron chi connectivity index (χ0n) is 16.9. The van der Waals surface area contributed by atoms with Crippen molar-refractivity contribution < 1.29 is 29.6 Å². The minimum atomic E-state index is -1.57. The second kappa shape index (κ2) is 11.0. The molecule has 162 valence electrons. The third-order valence-electron chi connectivity index (χ3n) is 5.43. The van der Waals surface area contributed by atoms with Gasteiger partial charge in [-0.15, -0.1) is 0 Å². The van der Waals surface area contributed by atoms with Gasteiger partial charge in [0.2, 0.25) is 0 Å². The largest absolute Gasteiger partial charge is 0.494 e. The predicted molar refractivity (Wildman–Crippen MR) is 111 cm³/mol.